The molecular weight excluding hydrogens is 322 g/mol. The van der Waals surface area contributed by atoms with Crippen molar-refractivity contribution in [2.24, 2.45) is 0 Å². The number of piperidine rings is 1. The summed E-state index contributed by atoms with van der Waals surface area (Å²) in [6.45, 7) is 5.99. The van der Waals surface area contributed by atoms with Gasteiger partial charge >= 0.3 is 6.03 Å². The molecule has 1 N–H and O–H groups in total. The second kappa shape index (κ2) is 6.87. The van der Waals surface area contributed by atoms with E-state index in [1.807, 2.05) is 22.8 Å². The average molecular weight is 345 g/mol. The van der Waals surface area contributed by atoms with Gasteiger partial charge in [0.1, 0.15) is 0 Å². The molecule has 2 aromatic heterocycles. The van der Waals surface area contributed by atoms with Crippen LogP contribution in [0.25, 0.3) is 11.3 Å². The van der Waals surface area contributed by atoms with Crippen molar-refractivity contribution in [2.75, 3.05) is 39.4 Å². The summed E-state index contributed by atoms with van der Waals surface area (Å²) in [5.74, 6) is 0.944. The van der Waals surface area contributed by atoms with Crippen LogP contribution in [0, 0.1) is 6.92 Å². The Kier molecular flexibility index (Phi) is 4.44. The Morgan fingerprint density at radius 1 is 1.28 bits per heavy atom. The van der Waals surface area contributed by atoms with Gasteiger partial charge in [-0.05, 0) is 19.8 Å². The number of aryl methyl sites for hydroxylation is 1. The number of aromatic nitrogens is 3. The van der Waals surface area contributed by atoms with Gasteiger partial charge in [0.2, 0.25) is 0 Å². The number of likely N-dealkylation sites (tertiary alicyclic amines) is 1. The number of rotatable bonds is 2. The molecule has 4 rings (SSSR count). The number of carbonyl (C=O) groups excluding carboxylic acids is 1. The molecule has 2 aromatic rings. The molecule has 0 saturated carbocycles. The lowest BCUT2D eigenvalue weighted by molar-refractivity contribution is 0.0408. The number of morpholine rings is 1. The summed E-state index contributed by atoms with van der Waals surface area (Å²) in [7, 11) is 0. The smallest absolute Gasteiger partial charge is 0.320 e. The summed E-state index contributed by atoms with van der Waals surface area (Å²) >= 11 is 0. The maximum Gasteiger partial charge on any atom is 0.320 e. The number of nitrogens with one attached hydrogen (secondary N) is 1. The van der Waals surface area contributed by atoms with Gasteiger partial charge in [-0.25, -0.2) is 4.79 Å². The second-order valence-corrected chi connectivity index (χ2v) is 6.70. The highest BCUT2D eigenvalue weighted by molar-refractivity contribution is 5.75. The van der Waals surface area contributed by atoms with E-state index in [0.29, 0.717) is 32.8 Å². The van der Waals surface area contributed by atoms with Crippen LogP contribution in [0.2, 0.25) is 0 Å². The van der Waals surface area contributed by atoms with Crippen molar-refractivity contribution in [1.29, 1.82) is 0 Å². The fourth-order valence-corrected chi connectivity index (χ4v) is 3.64. The van der Waals surface area contributed by atoms with Crippen LogP contribution in [0.4, 0.5) is 4.79 Å². The summed E-state index contributed by atoms with van der Waals surface area (Å²) in [5.41, 5.74) is 2.80. The molecular formula is C17H23N5O3. The molecule has 2 amide bonds. The van der Waals surface area contributed by atoms with E-state index in [1.165, 1.54) is 0 Å². The quantitative estimate of drug-likeness (QED) is 0.899. The minimum absolute atomic E-state index is 0.115. The predicted octanol–water partition coefficient (Wildman–Crippen LogP) is 2.00. The van der Waals surface area contributed by atoms with Gasteiger partial charge in [-0.3, -0.25) is 5.10 Å². The third-order valence-corrected chi connectivity index (χ3v) is 4.94. The molecule has 2 aliphatic rings. The number of carbonyl (C=O) groups is 1. The van der Waals surface area contributed by atoms with Crippen LogP contribution in [0.3, 0.4) is 0 Å². The Labute approximate surface area is 146 Å². The number of hydrogen-bond acceptors (Lipinski definition) is 5. The Bertz CT molecular complexity index is 734. The number of amides is 2. The Hall–Kier alpha value is -2.35. The topological polar surface area (TPSA) is 87.5 Å². The van der Waals surface area contributed by atoms with Crippen molar-refractivity contribution in [3.8, 4) is 11.3 Å². The summed E-state index contributed by atoms with van der Waals surface area (Å²) in [5, 5.41) is 11.3. The van der Waals surface area contributed by atoms with Crippen LogP contribution in [-0.4, -0.2) is 70.6 Å². The predicted molar refractivity (Wildman–Crippen MR) is 90.2 cm³/mol. The van der Waals surface area contributed by atoms with Crippen LogP contribution >= 0.6 is 0 Å². The zero-order chi connectivity index (χ0) is 17.2. The number of ether oxygens (including phenoxy) is 1. The van der Waals surface area contributed by atoms with Crippen molar-refractivity contribution < 1.29 is 14.1 Å². The Morgan fingerprint density at radius 2 is 2.12 bits per heavy atom. The first-order chi connectivity index (χ1) is 12.2. The first-order valence-corrected chi connectivity index (χ1v) is 8.81. The van der Waals surface area contributed by atoms with Crippen LogP contribution in [0.15, 0.2) is 16.8 Å². The van der Waals surface area contributed by atoms with E-state index in [1.54, 1.807) is 6.20 Å². The fourth-order valence-electron chi connectivity index (χ4n) is 3.64. The van der Waals surface area contributed by atoms with Crippen molar-refractivity contribution in [2.45, 2.75) is 25.7 Å². The van der Waals surface area contributed by atoms with Crippen molar-refractivity contribution >= 4 is 6.03 Å². The third kappa shape index (κ3) is 3.26. The van der Waals surface area contributed by atoms with Gasteiger partial charge in [0, 0.05) is 38.2 Å². The van der Waals surface area contributed by atoms with Crippen molar-refractivity contribution in [3.63, 3.8) is 0 Å². The van der Waals surface area contributed by atoms with Crippen LogP contribution in [0.1, 0.15) is 30.1 Å². The molecule has 1 unspecified atom stereocenters. The van der Waals surface area contributed by atoms with Gasteiger partial charge in [0.05, 0.1) is 36.4 Å². The number of hydrogen-bond donors (Lipinski definition) is 1. The molecule has 8 heteroatoms. The molecule has 2 aliphatic heterocycles. The first-order valence-electron chi connectivity index (χ1n) is 8.81. The highest BCUT2D eigenvalue weighted by Crippen LogP contribution is 2.33. The zero-order valence-corrected chi connectivity index (χ0v) is 14.4. The van der Waals surface area contributed by atoms with Crippen molar-refractivity contribution in [1.82, 2.24) is 25.2 Å². The number of aromatic amines is 1. The van der Waals surface area contributed by atoms with Gasteiger partial charge in [-0.2, -0.15) is 5.10 Å². The van der Waals surface area contributed by atoms with Gasteiger partial charge in [0.25, 0.3) is 0 Å². The first kappa shape index (κ1) is 16.1. The largest absolute Gasteiger partial charge is 0.378 e. The summed E-state index contributed by atoms with van der Waals surface area (Å²) < 4.78 is 10.7. The summed E-state index contributed by atoms with van der Waals surface area (Å²) in [6, 6.07) is 2.03. The molecule has 2 saturated heterocycles. The molecule has 0 bridgehead atoms. The average Bonchev–Trinajstić information content (AvgIpc) is 3.30. The molecule has 0 radical (unpaired) electrons. The molecule has 8 nitrogen and oxygen atoms in total. The lowest BCUT2D eigenvalue weighted by Gasteiger charge is -2.37. The maximum absolute atomic E-state index is 12.8. The van der Waals surface area contributed by atoms with E-state index in [9.17, 15) is 4.79 Å². The molecule has 4 heterocycles. The van der Waals surface area contributed by atoms with Gasteiger partial charge < -0.3 is 19.1 Å². The van der Waals surface area contributed by atoms with Crippen LogP contribution in [-0.2, 0) is 4.74 Å². The lowest BCUT2D eigenvalue weighted by Crippen LogP contribution is -2.50. The minimum atomic E-state index is 0.115. The normalized spacial score (nSPS) is 21.6. The second-order valence-electron chi connectivity index (χ2n) is 6.70. The molecule has 0 spiro atoms. The van der Waals surface area contributed by atoms with E-state index in [-0.39, 0.29) is 11.9 Å². The van der Waals surface area contributed by atoms with E-state index < -0.39 is 0 Å². The number of H-pyrrole nitrogens is 1. The number of nitrogens with zero attached hydrogens (tertiary/aromatic N) is 4. The molecule has 25 heavy (non-hydrogen) atoms. The fraction of sp³-hybridized carbons (Fsp3) is 0.588. The Morgan fingerprint density at radius 3 is 2.88 bits per heavy atom. The van der Waals surface area contributed by atoms with E-state index >= 15 is 0 Å². The highest BCUT2D eigenvalue weighted by atomic mass is 16.5. The zero-order valence-electron chi connectivity index (χ0n) is 14.4. The van der Waals surface area contributed by atoms with E-state index in [2.05, 4.69) is 15.4 Å². The summed E-state index contributed by atoms with van der Waals surface area (Å²) in [6.07, 6.45) is 3.78. The van der Waals surface area contributed by atoms with Crippen LogP contribution in [0.5, 0.6) is 0 Å². The van der Waals surface area contributed by atoms with E-state index in [4.69, 9.17) is 9.26 Å². The molecule has 2 fully saturated rings. The maximum atomic E-state index is 12.8. The summed E-state index contributed by atoms with van der Waals surface area (Å²) in [4.78, 5) is 16.6. The van der Waals surface area contributed by atoms with Crippen molar-refractivity contribution in [3.05, 3.63) is 23.7 Å². The molecule has 0 aliphatic carbocycles. The highest BCUT2D eigenvalue weighted by Gasteiger charge is 2.31. The minimum Gasteiger partial charge on any atom is -0.378 e. The van der Waals surface area contributed by atoms with Gasteiger partial charge in [-0.15, -0.1) is 0 Å². The molecule has 0 aromatic carbocycles. The lowest BCUT2D eigenvalue weighted by atomic mass is 9.92. The number of urea groups is 1. The molecule has 1 atom stereocenters. The van der Waals surface area contributed by atoms with Gasteiger partial charge in [0.15, 0.2) is 5.76 Å². The standard InChI is InChI=1S/C17H23N5O3/c1-12-9-15(25-20-12)14-10-18-19-16(14)13-3-2-4-22(11-13)17(23)21-5-7-24-8-6-21/h9-10,13H,2-8,11H2,1H3,(H,18,19). The third-order valence-electron chi connectivity index (χ3n) is 4.94. The molecule has 134 valence electrons. The van der Waals surface area contributed by atoms with E-state index in [0.717, 1.165) is 42.1 Å². The van der Waals surface area contributed by atoms with Crippen LogP contribution < -0.4 is 0 Å². The Balaban J connectivity index is 1.50. The monoisotopic (exact) mass is 345 g/mol. The SMILES string of the molecule is Cc1cc(-c2cn[nH]c2C2CCCN(C(=O)N3CCOCC3)C2)on1. The van der Waals surface area contributed by atoms with Gasteiger partial charge in [-0.1, -0.05) is 5.16 Å².